The van der Waals surface area contributed by atoms with Crippen molar-refractivity contribution in [2.45, 2.75) is 76.5 Å². The molecule has 5 heteroatoms. The predicted molar refractivity (Wildman–Crippen MR) is 102 cm³/mol. The molecule has 1 N–H and O–H groups in total. The zero-order valence-electron chi connectivity index (χ0n) is 17.2. The first-order chi connectivity index (χ1) is 13.4. The second kappa shape index (κ2) is 5.82. The van der Waals surface area contributed by atoms with Crippen molar-refractivity contribution >= 4 is 0 Å². The number of hydrogen-bond donors (Lipinski definition) is 1. The van der Waals surface area contributed by atoms with Gasteiger partial charge in [-0.2, -0.15) is 0 Å². The van der Waals surface area contributed by atoms with Crippen LogP contribution in [-0.4, -0.2) is 49.2 Å². The Morgan fingerprint density at radius 3 is 2.43 bits per heavy atom. The number of ether oxygens (including phenoxy) is 4. The number of rotatable bonds is 0. The highest BCUT2D eigenvalue weighted by atomic mass is 16.7. The van der Waals surface area contributed by atoms with Crippen LogP contribution in [0, 0.1) is 28.6 Å². The highest BCUT2D eigenvalue weighted by molar-refractivity contribution is 5.28. The van der Waals surface area contributed by atoms with Crippen LogP contribution < -0.4 is 0 Å². The molecule has 156 valence electrons. The second-order valence-corrected chi connectivity index (χ2v) is 10.6. The quantitative estimate of drug-likeness (QED) is 0.643. The summed E-state index contributed by atoms with van der Waals surface area (Å²) in [5.41, 5.74) is 1.43. The molecular formula is C23H34O5. The third-order valence-corrected chi connectivity index (χ3v) is 9.66. The summed E-state index contributed by atoms with van der Waals surface area (Å²) < 4.78 is 24.5. The van der Waals surface area contributed by atoms with E-state index in [1.54, 1.807) is 0 Å². The van der Waals surface area contributed by atoms with Crippen LogP contribution in [0.1, 0.15) is 58.8 Å². The van der Waals surface area contributed by atoms with Crippen LogP contribution >= 0.6 is 0 Å². The Bertz CT molecular complexity index is 691. The lowest BCUT2D eigenvalue weighted by atomic mass is 9.46. The molecule has 0 aromatic heterocycles. The third-order valence-electron chi connectivity index (χ3n) is 9.66. The summed E-state index contributed by atoms with van der Waals surface area (Å²) in [5.74, 6) is 0.532. The molecule has 2 spiro atoms. The number of hydrogen-bond acceptors (Lipinski definition) is 5. The van der Waals surface area contributed by atoms with Crippen LogP contribution in [0.25, 0.3) is 0 Å². The fraction of sp³-hybridized carbons (Fsp3) is 0.913. The maximum absolute atomic E-state index is 11.5. The Kier molecular flexibility index (Phi) is 3.81. The molecule has 5 fully saturated rings. The first-order valence-electron chi connectivity index (χ1n) is 11.3. The SMILES string of the molecule is C[C@]12CCC3(CC1=CCC1C2[C@H](O)C[C@@]2(C)C1CCC21OCCO1)OCCO3. The van der Waals surface area contributed by atoms with E-state index in [2.05, 4.69) is 19.9 Å². The maximum Gasteiger partial charge on any atom is 0.174 e. The van der Waals surface area contributed by atoms with E-state index in [1.165, 1.54) is 5.57 Å². The lowest BCUT2D eigenvalue weighted by Gasteiger charge is -2.61. The summed E-state index contributed by atoms with van der Waals surface area (Å²) in [6, 6.07) is 0. The Morgan fingerprint density at radius 1 is 0.964 bits per heavy atom. The van der Waals surface area contributed by atoms with E-state index in [4.69, 9.17) is 18.9 Å². The molecule has 6 atom stereocenters. The fourth-order valence-electron chi connectivity index (χ4n) is 8.36. The molecule has 5 nitrogen and oxygen atoms in total. The lowest BCUT2D eigenvalue weighted by molar-refractivity contribution is -0.258. The second-order valence-electron chi connectivity index (χ2n) is 10.6. The summed E-state index contributed by atoms with van der Waals surface area (Å²) in [6.45, 7) is 7.53. The van der Waals surface area contributed by atoms with Gasteiger partial charge in [-0.15, -0.1) is 0 Å². The molecule has 0 radical (unpaired) electrons. The number of fused-ring (bicyclic) bond motifs is 6. The minimum Gasteiger partial charge on any atom is -0.393 e. The van der Waals surface area contributed by atoms with Crippen molar-refractivity contribution in [3.05, 3.63) is 11.6 Å². The van der Waals surface area contributed by atoms with Crippen LogP contribution in [0.3, 0.4) is 0 Å². The van der Waals surface area contributed by atoms with E-state index < -0.39 is 11.6 Å². The van der Waals surface area contributed by atoms with Crippen molar-refractivity contribution in [2.24, 2.45) is 28.6 Å². The van der Waals surface area contributed by atoms with E-state index in [0.717, 1.165) is 44.9 Å². The van der Waals surface area contributed by atoms with E-state index in [1.807, 2.05) is 0 Å². The van der Waals surface area contributed by atoms with Gasteiger partial charge in [0.1, 0.15) is 0 Å². The fourth-order valence-corrected chi connectivity index (χ4v) is 8.36. The molecule has 28 heavy (non-hydrogen) atoms. The van der Waals surface area contributed by atoms with Crippen LogP contribution in [0.2, 0.25) is 0 Å². The number of aliphatic hydroxyl groups is 1. The van der Waals surface area contributed by atoms with Gasteiger partial charge in [0.2, 0.25) is 0 Å². The Hall–Kier alpha value is -0.460. The van der Waals surface area contributed by atoms with Crippen molar-refractivity contribution in [2.75, 3.05) is 26.4 Å². The van der Waals surface area contributed by atoms with Gasteiger partial charge in [0.25, 0.3) is 0 Å². The molecule has 2 saturated heterocycles. The van der Waals surface area contributed by atoms with Crippen molar-refractivity contribution in [3.8, 4) is 0 Å². The molecule has 2 aliphatic heterocycles. The van der Waals surface area contributed by atoms with Crippen molar-refractivity contribution in [3.63, 3.8) is 0 Å². The van der Waals surface area contributed by atoms with E-state index in [-0.39, 0.29) is 16.9 Å². The molecule has 6 aliphatic rings. The van der Waals surface area contributed by atoms with Gasteiger partial charge in [-0.1, -0.05) is 25.5 Å². The number of aliphatic hydroxyl groups excluding tert-OH is 1. The topological polar surface area (TPSA) is 57.2 Å². The molecule has 2 heterocycles. The van der Waals surface area contributed by atoms with Gasteiger partial charge in [-0.05, 0) is 48.9 Å². The molecule has 6 rings (SSSR count). The van der Waals surface area contributed by atoms with Crippen LogP contribution in [0.4, 0.5) is 0 Å². The van der Waals surface area contributed by atoms with E-state index >= 15 is 0 Å². The normalized spacial score (nSPS) is 51.0. The lowest BCUT2D eigenvalue weighted by Crippen LogP contribution is -2.60. The van der Waals surface area contributed by atoms with Crippen LogP contribution in [0.5, 0.6) is 0 Å². The zero-order valence-corrected chi connectivity index (χ0v) is 17.2. The molecule has 0 bridgehead atoms. The molecule has 0 aromatic rings. The molecular weight excluding hydrogens is 356 g/mol. The summed E-state index contributed by atoms with van der Waals surface area (Å²) in [7, 11) is 0. The summed E-state index contributed by atoms with van der Waals surface area (Å²) in [5, 5.41) is 11.5. The Morgan fingerprint density at radius 2 is 1.68 bits per heavy atom. The van der Waals surface area contributed by atoms with Crippen LogP contribution in [0.15, 0.2) is 11.6 Å². The molecule has 0 aromatic carbocycles. The van der Waals surface area contributed by atoms with Gasteiger partial charge in [-0.25, -0.2) is 0 Å². The maximum atomic E-state index is 11.5. The van der Waals surface area contributed by atoms with Gasteiger partial charge in [0.05, 0.1) is 32.5 Å². The van der Waals surface area contributed by atoms with Crippen molar-refractivity contribution in [1.29, 1.82) is 0 Å². The third kappa shape index (κ3) is 2.15. The standard InChI is InChI=1S/C23H34O5/c1-20-7-8-22(25-9-10-26-22)13-15(20)3-4-16-17-5-6-23(27-11-12-28-23)21(17,2)14-18(24)19(16)20/h3,16-19,24H,4-14H2,1-2H3/t16?,17?,18-,19?,20+,21+/m1/s1. The minimum absolute atomic E-state index is 0.0529. The largest absolute Gasteiger partial charge is 0.393 e. The average molecular weight is 391 g/mol. The van der Waals surface area contributed by atoms with E-state index in [0.29, 0.717) is 44.2 Å². The smallest absolute Gasteiger partial charge is 0.174 e. The predicted octanol–water partition coefficient (Wildman–Crippen LogP) is 3.41. The van der Waals surface area contributed by atoms with Crippen molar-refractivity contribution < 1.29 is 24.1 Å². The van der Waals surface area contributed by atoms with Gasteiger partial charge >= 0.3 is 0 Å². The van der Waals surface area contributed by atoms with Crippen molar-refractivity contribution in [1.82, 2.24) is 0 Å². The Labute approximate surface area is 167 Å². The highest BCUT2D eigenvalue weighted by Gasteiger charge is 2.69. The van der Waals surface area contributed by atoms with Gasteiger partial charge < -0.3 is 24.1 Å². The average Bonchev–Trinajstić information content (AvgIpc) is 3.38. The molecule has 0 amide bonds. The van der Waals surface area contributed by atoms with Gasteiger partial charge in [-0.3, -0.25) is 0 Å². The first-order valence-corrected chi connectivity index (χ1v) is 11.3. The van der Waals surface area contributed by atoms with Gasteiger partial charge in [0, 0.05) is 24.7 Å². The molecule has 4 aliphatic carbocycles. The summed E-state index contributed by atoms with van der Waals surface area (Å²) >= 11 is 0. The molecule has 3 unspecified atom stereocenters. The Balaban J connectivity index is 1.35. The first kappa shape index (κ1) is 18.3. The monoisotopic (exact) mass is 390 g/mol. The summed E-state index contributed by atoms with van der Waals surface area (Å²) in [6.07, 6.45) is 9.00. The minimum atomic E-state index is -0.462. The highest BCUT2D eigenvalue weighted by Crippen LogP contribution is 2.69. The van der Waals surface area contributed by atoms with Gasteiger partial charge in [0.15, 0.2) is 11.6 Å². The number of allylic oxidation sites excluding steroid dienone is 1. The van der Waals surface area contributed by atoms with E-state index in [9.17, 15) is 5.11 Å². The summed E-state index contributed by atoms with van der Waals surface area (Å²) in [4.78, 5) is 0. The zero-order chi connectivity index (χ0) is 19.2. The molecule has 3 saturated carbocycles. The van der Waals surface area contributed by atoms with Crippen LogP contribution in [-0.2, 0) is 18.9 Å².